The standard InChI is InChI=1S/C13H15NO4/c1-18-13(17)9-7-10(12(15)16)14-11(9)8-5-3-2-4-6-8/h2-6,9-11,14H,7H2,1H3,(H,15,16)/t9-,10-,11-/m0/s1. The number of nitrogens with one attached hydrogen (secondary N) is 1. The van der Waals surface area contributed by atoms with Crippen molar-refractivity contribution in [3.05, 3.63) is 35.9 Å². The maximum absolute atomic E-state index is 11.7. The molecule has 0 unspecified atom stereocenters. The molecule has 18 heavy (non-hydrogen) atoms. The van der Waals surface area contributed by atoms with Crippen molar-refractivity contribution in [1.82, 2.24) is 5.32 Å². The summed E-state index contributed by atoms with van der Waals surface area (Å²) < 4.78 is 4.74. The number of hydrogen-bond acceptors (Lipinski definition) is 4. The molecule has 0 bridgehead atoms. The molecule has 1 heterocycles. The zero-order valence-corrected chi connectivity index (χ0v) is 10.00. The van der Waals surface area contributed by atoms with Crippen LogP contribution in [0, 0.1) is 5.92 Å². The Labute approximate surface area is 105 Å². The second-order valence-corrected chi connectivity index (χ2v) is 4.31. The Kier molecular flexibility index (Phi) is 3.62. The summed E-state index contributed by atoms with van der Waals surface area (Å²) in [7, 11) is 1.32. The van der Waals surface area contributed by atoms with E-state index < -0.39 is 17.9 Å². The molecule has 1 aromatic rings. The summed E-state index contributed by atoms with van der Waals surface area (Å²) in [4.78, 5) is 22.7. The van der Waals surface area contributed by atoms with Gasteiger partial charge in [0, 0.05) is 6.04 Å². The van der Waals surface area contributed by atoms with Gasteiger partial charge < -0.3 is 9.84 Å². The molecule has 1 aromatic carbocycles. The van der Waals surface area contributed by atoms with Crippen LogP contribution in [-0.4, -0.2) is 30.2 Å². The van der Waals surface area contributed by atoms with Gasteiger partial charge in [0.15, 0.2) is 0 Å². The van der Waals surface area contributed by atoms with Gasteiger partial charge in [-0.2, -0.15) is 0 Å². The highest BCUT2D eigenvalue weighted by molar-refractivity contribution is 5.79. The van der Waals surface area contributed by atoms with Gasteiger partial charge in [0.25, 0.3) is 0 Å². The zero-order valence-electron chi connectivity index (χ0n) is 10.00. The first kappa shape index (κ1) is 12.6. The molecule has 1 fully saturated rings. The Hall–Kier alpha value is -1.88. The molecule has 0 radical (unpaired) electrons. The summed E-state index contributed by atoms with van der Waals surface area (Å²) >= 11 is 0. The number of benzene rings is 1. The summed E-state index contributed by atoms with van der Waals surface area (Å²) in [5.74, 6) is -1.78. The average molecular weight is 249 g/mol. The Bertz CT molecular complexity index is 446. The summed E-state index contributed by atoms with van der Waals surface area (Å²) in [6.45, 7) is 0. The van der Waals surface area contributed by atoms with Crippen molar-refractivity contribution >= 4 is 11.9 Å². The summed E-state index contributed by atoms with van der Waals surface area (Å²) in [5, 5.41) is 12.0. The lowest BCUT2D eigenvalue weighted by Gasteiger charge is -2.17. The molecule has 1 saturated heterocycles. The van der Waals surface area contributed by atoms with E-state index in [4.69, 9.17) is 9.84 Å². The van der Waals surface area contributed by atoms with Crippen molar-refractivity contribution in [1.29, 1.82) is 0 Å². The van der Waals surface area contributed by atoms with E-state index in [1.807, 2.05) is 30.3 Å². The molecule has 1 aliphatic rings. The summed E-state index contributed by atoms with van der Waals surface area (Å²) in [5.41, 5.74) is 0.900. The molecular formula is C13H15NO4. The Morgan fingerprint density at radius 1 is 1.33 bits per heavy atom. The lowest BCUT2D eigenvalue weighted by atomic mass is 9.93. The van der Waals surface area contributed by atoms with E-state index in [9.17, 15) is 9.59 Å². The fourth-order valence-corrected chi connectivity index (χ4v) is 2.34. The van der Waals surface area contributed by atoms with Crippen LogP contribution >= 0.6 is 0 Å². The molecule has 5 nitrogen and oxygen atoms in total. The average Bonchev–Trinajstić information content (AvgIpc) is 2.84. The van der Waals surface area contributed by atoms with Gasteiger partial charge in [0.1, 0.15) is 6.04 Å². The Balaban J connectivity index is 2.26. The highest BCUT2D eigenvalue weighted by atomic mass is 16.5. The van der Waals surface area contributed by atoms with Gasteiger partial charge >= 0.3 is 11.9 Å². The molecule has 96 valence electrons. The van der Waals surface area contributed by atoms with Gasteiger partial charge in [0.2, 0.25) is 0 Å². The molecule has 5 heteroatoms. The van der Waals surface area contributed by atoms with Gasteiger partial charge in [-0.3, -0.25) is 14.9 Å². The van der Waals surface area contributed by atoms with Crippen LogP contribution in [0.25, 0.3) is 0 Å². The van der Waals surface area contributed by atoms with Crippen molar-refractivity contribution in [3.8, 4) is 0 Å². The lowest BCUT2D eigenvalue weighted by Crippen LogP contribution is -2.32. The highest BCUT2D eigenvalue weighted by Gasteiger charge is 2.42. The largest absolute Gasteiger partial charge is 0.480 e. The predicted molar refractivity (Wildman–Crippen MR) is 63.9 cm³/mol. The molecule has 0 spiro atoms. The minimum atomic E-state index is -0.942. The molecular weight excluding hydrogens is 234 g/mol. The molecule has 0 saturated carbocycles. The first-order valence-electron chi connectivity index (χ1n) is 5.75. The third-order valence-corrected chi connectivity index (χ3v) is 3.23. The normalized spacial score (nSPS) is 26.8. The van der Waals surface area contributed by atoms with Crippen molar-refractivity contribution in [2.45, 2.75) is 18.5 Å². The van der Waals surface area contributed by atoms with E-state index in [1.54, 1.807) is 0 Å². The summed E-state index contributed by atoms with van der Waals surface area (Å²) in [6.07, 6.45) is 0.252. The number of carbonyl (C=O) groups is 2. The molecule has 0 aromatic heterocycles. The van der Waals surface area contributed by atoms with Crippen molar-refractivity contribution in [3.63, 3.8) is 0 Å². The monoisotopic (exact) mass is 249 g/mol. The van der Waals surface area contributed by atoms with Crippen LogP contribution in [0.4, 0.5) is 0 Å². The molecule has 2 rings (SSSR count). The van der Waals surface area contributed by atoms with Gasteiger partial charge in [-0.25, -0.2) is 0 Å². The van der Waals surface area contributed by atoms with Crippen molar-refractivity contribution in [2.24, 2.45) is 5.92 Å². The smallest absolute Gasteiger partial charge is 0.320 e. The minimum Gasteiger partial charge on any atom is -0.480 e. The minimum absolute atomic E-state index is 0.252. The Morgan fingerprint density at radius 3 is 2.56 bits per heavy atom. The predicted octanol–water partition coefficient (Wildman–Crippen LogP) is 0.963. The quantitative estimate of drug-likeness (QED) is 0.780. The maximum atomic E-state index is 11.7. The molecule has 0 aliphatic carbocycles. The lowest BCUT2D eigenvalue weighted by molar-refractivity contribution is -0.145. The number of carboxylic acid groups (broad SMARTS) is 1. The third-order valence-electron chi connectivity index (χ3n) is 3.23. The number of methoxy groups -OCH3 is 1. The molecule has 2 N–H and O–H groups in total. The molecule has 1 aliphatic heterocycles. The second kappa shape index (κ2) is 5.18. The number of ether oxygens (including phenoxy) is 1. The van der Waals surface area contributed by atoms with Crippen molar-refractivity contribution in [2.75, 3.05) is 7.11 Å². The van der Waals surface area contributed by atoms with E-state index in [0.717, 1.165) is 5.56 Å². The van der Waals surface area contributed by atoms with Gasteiger partial charge in [0.05, 0.1) is 13.0 Å². The highest BCUT2D eigenvalue weighted by Crippen LogP contribution is 2.33. The number of carboxylic acids is 1. The number of aliphatic carboxylic acids is 1. The molecule has 3 atom stereocenters. The number of rotatable bonds is 3. The Morgan fingerprint density at radius 2 is 2.00 bits per heavy atom. The van der Waals surface area contributed by atoms with Gasteiger partial charge in [-0.05, 0) is 12.0 Å². The van der Waals surface area contributed by atoms with Crippen LogP contribution in [0.1, 0.15) is 18.0 Å². The van der Waals surface area contributed by atoms with E-state index in [1.165, 1.54) is 7.11 Å². The number of esters is 1. The maximum Gasteiger partial charge on any atom is 0.320 e. The van der Waals surface area contributed by atoms with Crippen LogP contribution in [0.5, 0.6) is 0 Å². The third kappa shape index (κ3) is 2.36. The van der Waals surface area contributed by atoms with Crippen LogP contribution in [0.3, 0.4) is 0 Å². The van der Waals surface area contributed by atoms with Gasteiger partial charge in [-0.15, -0.1) is 0 Å². The fourth-order valence-electron chi connectivity index (χ4n) is 2.34. The fraction of sp³-hybridized carbons (Fsp3) is 0.385. The molecule has 0 amide bonds. The van der Waals surface area contributed by atoms with E-state index >= 15 is 0 Å². The van der Waals surface area contributed by atoms with E-state index in [0.29, 0.717) is 0 Å². The zero-order chi connectivity index (χ0) is 13.1. The second-order valence-electron chi connectivity index (χ2n) is 4.31. The topological polar surface area (TPSA) is 75.6 Å². The van der Waals surface area contributed by atoms with Crippen molar-refractivity contribution < 1.29 is 19.4 Å². The number of carbonyl (C=O) groups excluding carboxylic acids is 1. The van der Waals surface area contributed by atoms with Crippen LogP contribution in [0.15, 0.2) is 30.3 Å². The van der Waals surface area contributed by atoms with Crippen LogP contribution in [0.2, 0.25) is 0 Å². The number of hydrogen-bond donors (Lipinski definition) is 2. The van der Waals surface area contributed by atoms with Crippen LogP contribution in [-0.2, 0) is 14.3 Å². The first-order chi connectivity index (χ1) is 8.63. The van der Waals surface area contributed by atoms with E-state index in [2.05, 4.69) is 5.32 Å². The van der Waals surface area contributed by atoms with Crippen LogP contribution < -0.4 is 5.32 Å². The van der Waals surface area contributed by atoms with Gasteiger partial charge in [-0.1, -0.05) is 30.3 Å². The van der Waals surface area contributed by atoms with E-state index in [-0.39, 0.29) is 18.4 Å². The summed E-state index contributed by atoms with van der Waals surface area (Å²) in [6, 6.07) is 8.33. The SMILES string of the molecule is COC(=O)[C@H]1C[C@@H](C(=O)O)N[C@H]1c1ccccc1. The first-order valence-corrected chi connectivity index (χ1v) is 5.75.